The van der Waals surface area contributed by atoms with Gasteiger partial charge in [-0.1, -0.05) is 0 Å². The molecule has 2 aromatic rings. The van der Waals surface area contributed by atoms with Crippen molar-refractivity contribution in [2.24, 2.45) is 7.05 Å². The van der Waals surface area contributed by atoms with Crippen molar-refractivity contribution in [3.05, 3.63) is 46.5 Å². The molecule has 3 rings (SSSR count). The Kier molecular flexibility index (Phi) is 5.39. The second-order valence-corrected chi connectivity index (χ2v) is 7.10. The van der Waals surface area contributed by atoms with Gasteiger partial charge >= 0.3 is 0 Å². The van der Waals surface area contributed by atoms with Crippen LogP contribution in [-0.2, 0) is 7.05 Å². The molecule has 6 nitrogen and oxygen atoms in total. The summed E-state index contributed by atoms with van der Waals surface area (Å²) in [6.45, 7) is 0. The van der Waals surface area contributed by atoms with E-state index in [1.54, 1.807) is 23.2 Å². The minimum Gasteiger partial charge on any atom is -0.490 e. The van der Waals surface area contributed by atoms with E-state index in [2.05, 4.69) is 32.3 Å². The number of nitrogens with one attached hydrogen (secondary N) is 1. The van der Waals surface area contributed by atoms with Crippen molar-refractivity contribution in [3.8, 4) is 11.8 Å². The normalized spacial score (nSPS) is 19.9. The van der Waals surface area contributed by atoms with Gasteiger partial charge in [0.15, 0.2) is 0 Å². The number of nitrogens with zero attached hydrogens (tertiary/aromatic N) is 3. The lowest BCUT2D eigenvalue weighted by molar-refractivity contribution is 0.0889. The van der Waals surface area contributed by atoms with E-state index in [0.29, 0.717) is 11.3 Å². The van der Waals surface area contributed by atoms with Gasteiger partial charge in [-0.3, -0.25) is 4.79 Å². The first-order chi connectivity index (χ1) is 12.0. The van der Waals surface area contributed by atoms with Crippen LogP contribution in [0.5, 0.6) is 5.75 Å². The highest BCUT2D eigenvalue weighted by Gasteiger charge is 2.24. The minimum absolute atomic E-state index is 0.124. The van der Waals surface area contributed by atoms with Gasteiger partial charge in [-0.05, 0) is 59.8 Å². The van der Waals surface area contributed by atoms with Crippen LogP contribution < -0.4 is 10.1 Å². The van der Waals surface area contributed by atoms with Crippen molar-refractivity contribution < 1.29 is 9.53 Å². The molecule has 1 aromatic carbocycles. The highest BCUT2D eigenvalue weighted by molar-refractivity contribution is 9.10. The number of rotatable bonds is 4. The lowest BCUT2D eigenvalue weighted by Gasteiger charge is -2.29. The van der Waals surface area contributed by atoms with Gasteiger partial charge in [-0.25, -0.2) is 4.98 Å². The van der Waals surface area contributed by atoms with E-state index >= 15 is 0 Å². The number of benzene rings is 1. The molecule has 1 fully saturated rings. The minimum atomic E-state index is -0.124. The largest absolute Gasteiger partial charge is 0.490 e. The summed E-state index contributed by atoms with van der Waals surface area (Å²) in [4.78, 5) is 16.2. The Morgan fingerprint density at radius 1 is 1.40 bits per heavy atom. The third kappa shape index (κ3) is 4.40. The fourth-order valence-electron chi connectivity index (χ4n) is 2.97. The number of amides is 1. The number of halogens is 1. The molecule has 1 N–H and O–H groups in total. The fourth-order valence-corrected chi connectivity index (χ4v) is 3.41. The highest BCUT2D eigenvalue weighted by Crippen LogP contribution is 2.27. The molecule has 0 unspecified atom stereocenters. The summed E-state index contributed by atoms with van der Waals surface area (Å²) in [5.74, 6) is 0.632. The first-order valence-corrected chi connectivity index (χ1v) is 8.99. The fraction of sp³-hybridized carbons (Fsp3) is 0.389. The Bertz CT molecular complexity index is 804. The average molecular weight is 403 g/mol. The van der Waals surface area contributed by atoms with Crippen LogP contribution in [0.2, 0.25) is 0 Å². The van der Waals surface area contributed by atoms with Gasteiger partial charge < -0.3 is 14.6 Å². The Hall–Kier alpha value is -2.33. The summed E-state index contributed by atoms with van der Waals surface area (Å²) in [5.41, 5.74) is 1.04. The smallest absolute Gasteiger partial charge is 0.271 e. The molecular formula is C18H19BrN4O2. The van der Waals surface area contributed by atoms with Crippen LogP contribution in [0.25, 0.3) is 0 Å². The Morgan fingerprint density at radius 3 is 2.76 bits per heavy atom. The summed E-state index contributed by atoms with van der Waals surface area (Å²) < 4.78 is 8.51. The van der Waals surface area contributed by atoms with Gasteiger partial charge in [0, 0.05) is 23.8 Å². The molecule has 0 aliphatic heterocycles. The number of ether oxygens (including phenoxy) is 1. The van der Waals surface area contributed by atoms with Crippen LogP contribution in [0.4, 0.5) is 0 Å². The van der Waals surface area contributed by atoms with Crippen LogP contribution in [-0.4, -0.2) is 27.6 Å². The van der Waals surface area contributed by atoms with Gasteiger partial charge in [-0.15, -0.1) is 0 Å². The molecule has 25 heavy (non-hydrogen) atoms. The zero-order chi connectivity index (χ0) is 17.8. The first-order valence-electron chi connectivity index (χ1n) is 8.20. The van der Waals surface area contributed by atoms with Gasteiger partial charge in [0.1, 0.15) is 17.5 Å². The van der Waals surface area contributed by atoms with E-state index in [4.69, 9.17) is 10.00 Å². The average Bonchev–Trinajstić information content (AvgIpc) is 3.03. The van der Waals surface area contributed by atoms with Crippen molar-refractivity contribution >= 4 is 21.8 Å². The summed E-state index contributed by atoms with van der Waals surface area (Å²) in [6, 6.07) is 7.66. The number of aryl methyl sites for hydroxylation is 1. The van der Waals surface area contributed by atoms with Gasteiger partial charge in [0.2, 0.25) is 0 Å². The summed E-state index contributed by atoms with van der Waals surface area (Å²) in [7, 11) is 1.84. The zero-order valence-corrected chi connectivity index (χ0v) is 15.5. The van der Waals surface area contributed by atoms with Crippen molar-refractivity contribution in [2.45, 2.75) is 37.8 Å². The Morgan fingerprint density at radius 2 is 2.16 bits per heavy atom. The van der Waals surface area contributed by atoms with E-state index in [0.717, 1.165) is 35.9 Å². The Balaban J connectivity index is 1.49. The molecule has 0 saturated heterocycles. The van der Waals surface area contributed by atoms with Gasteiger partial charge in [-0.2, -0.15) is 5.26 Å². The molecule has 1 aromatic heterocycles. The van der Waals surface area contributed by atoms with Crippen LogP contribution in [0.1, 0.15) is 41.7 Å². The van der Waals surface area contributed by atoms with Crippen molar-refractivity contribution in [2.75, 3.05) is 0 Å². The van der Waals surface area contributed by atoms with Crippen molar-refractivity contribution in [1.82, 2.24) is 14.9 Å². The Labute approximate surface area is 154 Å². The molecule has 0 bridgehead atoms. The predicted octanol–water partition coefficient (Wildman–Crippen LogP) is 3.17. The van der Waals surface area contributed by atoms with E-state index in [1.165, 1.54) is 0 Å². The number of aromatic nitrogens is 2. The summed E-state index contributed by atoms with van der Waals surface area (Å²) >= 11 is 3.38. The SMILES string of the molecule is Cn1cnc(C(=O)N[C@H]2CC[C@H](Oc3ccc(C#N)c(Br)c3)CC2)c1. The van der Waals surface area contributed by atoms with Crippen LogP contribution in [0.3, 0.4) is 0 Å². The van der Waals surface area contributed by atoms with Crippen LogP contribution in [0.15, 0.2) is 35.2 Å². The lowest BCUT2D eigenvalue weighted by Crippen LogP contribution is -2.39. The number of nitriles is 1. The zero-order valence-electron chi connectivity index (χ0n) is 13.9. The molecule has 1 saturated carbocycles. The molecule has 1 aliphatic rings. The number of hydrogen-bond acceptors (Lipinski definition) is 4. The third-order valence-corrected chi connectivity index (χ3v) is 4.97. The lowest BCUT2D eigenvalue weighted by atomic mass is 9.93. The molecule has 1 heterocycles. The molecule has 1 aliphatic carbocycles. The third-order valence-electron chi connectivity index (χ3n) is 4.31. The summed E-state index contributed by atoms with van der Waals surface area (Å²) in [5, 5.41) is 12.0. The predicted molar refractivity (Wildman–Crippen MR) is 96.2 cm³/mol. The van der Waals surface area contributed by atoms with E-state index in [9.17, 15) is 4.79 Å². The number of hydrogen-bond donors (Lipinski definition) is 1. The molecule has 0 spiro atoms. The van der Waals surface area contributed by atoms with Crippen molar-refractivity contribution in [1.29, 1.82) is 5.26 Å². The van der Waals surface area contributed by atoms with Crippen LogP contribution >= 0.6 is 15.9 Å². The summed E-state index contributed by atoms with van der Waals surface area (Å²) in [6.07, 6.45) is 6.97. The number of carbonyl (C=O) groups excluding carboxylic acids is 1. The molecular weight excluding hydrogens is 384 g/mol. The molecule has 130 valence electrons. The molecule has 7 heteroatoms. The van der Waals surface area contributed by atoms with Crippen molar-refractivity contribution in [3.63, 3.8) is 0 Å². The quantitative estimate of drug-likeness (QED) is 0.851. The van der Waals surface area contributed by atoms with E-state index < -0.39 is 0 Å². The maximum absolute atomic E-state index is 12.1. The standard InChI is InChI=1S/C18H19BrN4O2/c1-23-10-17(21-11-23)18(24)22-13-3-6-14(7-4-13)25-15-5-2-12(9-20)16(19)8-15/h2,5,8,10-11,13-14H,3-4,6-7H2,1H3,(H,22,24)/t13-,14-. The maximum atomic E-state index is 12.1. The molecule has 0 radical (unpaired) electrons. The number of carbonyl (C=O) groups is 1. The molecule has 0 atom stereocenters. The highest BCUT2D eigenvalue weighted by atomic mass is 79.9. The second-order valence-electron chi connectivity index (χ2n) is 6.24. The van der Waals surface area contributed by atoms with E-state index in [-0.39, 0.29) is 18.1 Å². The second kappa shape index (κ2) is 7.70. The topological polar surface area (TPSA) is 79.9 Å². The first kappa shape index (κ1) is 17.5. The monoisotopic (exact) mass is 402 g/mol. The number of imidazole rings is 1. The maximum Gasteiger partial charge on any atom is 0.271 e. The van der Waals surface area contributed by atoms with Gasteiger partial charge in [0.25, 0.3) is 5.91 Å². The molecule has 1 amide bonds. The van der Waals surface area contributed by atoms with Gasteiger partial charge in [0.05, 0.1) is 18.0 Å². The van der Waals surface area contributed by atoms with E-state index in [1.807, 2.05) is 19.2 Å². The van der Waals surface area contributed by atoms with Crippen LogP contribution in [0, 0.1) is 11.3 Å².